The average molecular weight is 911 g/mol. The highest BCUT2D eigenvalue weighted by Crippen LogP contribution is 2.15. The third kappa shape index (κ3) is 52.7. The number of allylic oxidation sites excluding steroid dienone is 22. The van der Waals surface area contributed by atoms with Crippen LogP contribution in [-0.2, 0) is 19.1 Å². The number of hydrogen-bond donors (Lipinski definition) is 1. The first-order chi connectivity index (χ1) is 32.6. The minimum Gasteiger partial charge on any atom is -0.462 e. The Hall–Kier alpha value is -3.96. The van der Waals surface area contributed by atoms with Crippen LogP contribution < -0.4 is 0 Å². The van der Waals surface area contributed by atoms with Crippen molar-refractivity contribution in [2.75, 3.05) is 13.2 Å². The first-order valence-corrected chi connectivity index (χ1v) is 26.7. The normalized spacial score (nSPS) is 13.3. The monoisotopic (exact) mass is 911 g/mol. The van der Waals surface area contributed by atoms with E-state index in [9.17, 15) is 14.7 Å². The molecular formula is C61H98O5. The smallest absolute Gasteiger partial charge is 0.306 e. The van der Waals surface area contributed by atoms with Crippen molar-refractivity contribution in [3.05, 3.63) is 134 Å². The second-order valence-corrected chi connectivity index (χ2v) is 17.2. The average Bonchev–Trinajstić information content (AvgIpc) is 3.32. The van der Waals surface area contributed by atoms with Crippen LogP contribution in [0, 0.1) is 0 Å². The Morgan fingerprint density at radius 3 is 0.970 bits per heavy atom. The standard InChI is InChI=1S/C61H98O5/c1-3-5-7-9-11-13-15-17-18-19-20-21-22-23-24-25-26-27-28-29-30-31-32-33-34-35-36-37-38-39-40-41-42-44-46-48-50-52-54-56-61(64)66-59(57-62)58-65-60(63)55-53-51-49-47-45-43-16-14-12-10-8-6-4-2/h5-8,11-14,17-18,20-21,23-24,26-27,29-30,43,45,49,51,59,62H,3-4,9-10,15-16,19,22,25,28,31-42,44,46-48,50,52-58H2,1-2H3/b7-5-,8-6-,13-11-,14-12-,18-17-,21-20-,24-23-,27-26-,30-29-,45-43-,51-49-. The van der Waals surface area contributed by atoms with Crippen LogP contribution >= 0.6 is 0 Å². The van der Waals surface area contributed by atoms with Gasteiger partial charge >= 0.3 is 11.9 Å². The van der Waals surface area contributed by atoms with Gasteiger partial charge in [-0.1, -0.05) is 244 Å². The van der Waals surface area contributed by atoms with E-state index in [0.29, 0.717) is 12.8 Å². The lowest BCUT2D eigenvalue weighted by atomic mass is 10.0. The Balaban J connectivity index is 3.52. The van der Waals surface area contributed by atoms with E-state index in [1.807, 2.05) is 12.2 Å². The molecule has 1 unspecified atom stereocenters. The van der Waals surface area contributed by atoms with Gasteiger partial charge in [-0.2, -0.15) is 0 Å². The van der Waals surface area contributed by atoms with E-state index in [1.54, 1.807) is 0 Å². The zero-order valence-corrected chi connectivity index (χ0v) is 42.4. The zero-order chi connectivity index (χ0) is 47.7. The van der Waals surface area contributed by atoms with Crippen LogP contribution in [0.4, 0.5) is 0 Å². The fraction of sp³-hybridized carbons (Fsp3) is 0.607. The Morgan fingerprint density at radius 1 is 0.348 bits per heavy atom. The van der Waals surface area contributed by atoms with Crippen molar-refractivity contribution in [2.24, 2.45) is 0 Å². The summed E-state index contributed by atoms with van der Waals surface area (Å²) in [7, 11) is 0. The number of carbonyl (C=O) groups excluding carboxylic acids is 2. The van der Waals surface area contributed by atoms with E-state index in [4.69, 9.17) is 9.47 Å². The highest BCUT2D eigenvalue weighted by molar-refractivity contribution is 5.70. The summed E-state index contributed by atoms with van der Waals surface area (Å²) in [5.74, 6) is -0.690. The van der Waals surface area contributed by atoms with Crippen molar-refractivity contribution in [2.45, 2.75) is 225 Å². The van der Waals surface area contributed by atoms with E-state index in [2.05, 4.69) is 135 Å². The number of aliphatic hydroxyl groups is 1. The minimum absolute atomic E-state index is 0.109. The molecule has 0 aliphatic rings. The number of ether oxygens (including phenoxy) is 2. The Labute approximate surface area is 406 Å². The highest BCUT2D eigenvalue weighted by Gasteiger charge is 2.16. The van der Waals surface area contributed by atoms with Gasteiger partial charge in [0.25, 0.3) is 0 Å². The van der Waals surface area contributed by atoms with Gasteiger partial charge in [-0.3, -0.25) is 9.59 Å². The maximum absolute atomic E-state index is 12.3. The van der Waals surface area contributed by atoms with Crippen LogP contribution in [0.25, 0.3) is 0 Å². The molecule has 0 saturated heterocycles. The van der Waals surface area contributed by atoms with Crippen molar-refractivity contribution in [3.63, 3.8) is 0 Å². The van der Waals surface area contributed by atoms with Crippen molar-refractivity contribution in [1.82, 2.24) is 0 Å². The molecule has 0 aliphatic carbocycles. The molecule has 372 valence electrons. The summed E-state index contributed by atoms with van der Waals surface area (Å²) < 4.78 is 10.6. The SMILES string of the molecule is CC/C=C\C/C=C\C/C=C\C/C=C\C/C=C\C/C=C\C/C=C\CCCCCCCCCCCCCCCCCCCC(=O)OC(CO)COC(=O)CC/C=C\C/C=C\C/C=C\C/C=C\CC. The zero-order valence-electron chi connectivity index (χ0n) is 42.4. The molecule has 0 spiro atoms. The largest absolute Gasteiger partial charge is 0.462 e. The Morgan fingerprint density at radius 2 is 0.636 bits per heavy atom. The molecule has 0 rings (SSSR count). The molecule has 1 N–H and O–H groups in total. The van der Waals surface area contributed by atoms with Gasteiger partial charge in [-0.15, -0.1) is 0 Å². The van der Waals surface area contributed by atoms with Crippen LogP contribution in [-0.4, -0.2) is 36.4 Å². The number of carbonyl (C=O) groups is 2. The second-order valence-electron chi connectivity index (χ2n) is 17.2. The molecule has 0 amide bonds. The molecule has 0 aromatic carbocycles. The fourth-order valence-electron chi connectivity index (χ4n) is 7.02. The van der Waals surface area contributed by atoms with Crippen molar-refractivity contribution >= 4 is 11.9 Å². The molecule has 1 atom stereocenters. The van der Waals surface area contributed by atoms with E-state index in [-0.39, 0.29) is 31.6 Å². The molecule has 0 aromatic heterocycles. The molecule has 5 nitrogen and oxygen atoms in total. The minimum atomic E-state index is -0.807. The summed E-state index contributed by atoms with van der Waals surface area (Å²) in [6.07, 6.45) is 83.0. The molecular weight excluding hydrogens is 813 g/mol. The molecule has 0 bridgehead atoms. The topological polar surface area (TPSA) is 72.8 Å². The molecule has 0 radical (unpaired) electrons. The lowest BCUT2D eigenvalue weighted by Gasteiger charge is -2.15. The molecule has 0 saturated carbocycles. The molecule has 66 heavy (non-hydrogen) atoms. The second kappa shape index (κ2) is 55.4. The lowest BCUT2D eigenvalue weighted by Crippen LogP contribution is -2.28. The summed E-state index contributed by atoms with van der Waals surface area (Å²) in [5.41, 5.74) is 0. The first kappa shape index (κ1) is 62.0. The molecule has 0 heterocycles. The quantitative estimate of drug-likeness (QED) is 0.0374. The van der Waals surface area contributed by atoms with Crippen molar-refractivity contribution in [3.8, 4) is 0 Å². The summed E-state index contributed by atoms with van der Waals surface area (Å²) in [5, 5.41) is 9.59. The van der Waals surface area contributed by atoms with Crippen molar-refractivity contribution < 1.29 is 24.2 Å². The summed E-state index contributed by atoms with van der Waals surface area (Å²) >= 11 is 0. The van der Waals surface area contributed by atoms with Crippen LogP contribution in [0.2, 0.25) is 0 Å². The van der Waals surface area contributed by atoms with E-state index in [1.165, 1.54) is 96.3 Å². The van der Waals surface area contributed by atoms with Gasteiger partial charge in [-0.05, 0) is 96.3 Å². The van der Waals surface area contributed by atoms with E-state index < -0.39 is 6.10 Å². The lowest BCUT2D eigenvalue weighted by molar-refractivity contribution is -0.161. The van der Waals surface area contributed by atoms with E-state index >= 15 is 0 Å². The molecule has 0 fully saturated rings. The third-order valence-corrected chi connectivity index (χ3v) is 11.0. The number of rotatable bonds is 47. The number of esters is 2. The van der Waals surface area contributed by atoms with E-state index in [0.717, 1.165) is 89.9 Å². The summed E-state index contributed by atoms with van der Waals surface area (Å²) in [6.45, 7) is 3.83. The Kier molecular flexibility index (Phi) is 52.0. The molecule has 0 aromatic rings. The third-order valence-electron chi connectivity index (χ3n) is 11.0. The van der Waals surface area contributed by atoms with Gasteiger partial charge in [0, 0.05) is 12.8 Å². The van der Waals surface area contributed by atoms with Gasteiger partial charge < -0.3 is 14.6 Å². The van der Waals surface area contributed by atoms with Gasteiger partial charge in [0.1, 0.15) is 6.61 Å². The van der Waals surface area contributed by atoms with Gasteiger partial charge in [-0.25, -0.2) is 0 Å². The Bertz CT molecular complexity index is 1400. The summed E-state index contributed by atoms with van der Waals surface area (Å²) in [6, 6.07) is 0. The summed E-state index contributed by atoms with van der Waals surface area (Å²) in [4.78, 5) is 24.3. The maximum atomic E-state index is 12.3. The van der Waals surface area contributed by atoms with Crippen LogP contribution in [0.5, 0.6) is 0 Å². The van der Waals surface area contributed by atoms with Crippen LogP contribution in [0.3, 0.4) is 0 Å². The van der Waals surface area contributed by atoms with Crippen LogP contribution in [0.1, 0.15) is 219 Å². The highest BCUT2D eigenvalue weighted by atomic mass is 16.6. The van der Waals surface area contributed by atoms with Crippen LogP contribution in [0.15, 0.2) is 134 Å². The predicted molar refractivity (Wildman–Crippen MR) is 288 cm³/mol. The van der Waals surface area contributed by atoms with Gasteiger partial charge in [0.2, 0.25) is 0 Å². The van der Waals surface area contributed by atoms with Gasteiger partial charge in [0.05, 0.1) is 6.61 Å². The fourth-order valence-corrected chi connectivity index (χ4v) is 7.02. The number of hydrogen-bond acceptors (Lipinski definition) is 5. The molecule has 0 aliphatic heterocycles. The first-order valence-electron chi connectivity index (χ1n) is 26.7. The van der Waals surface area contributed by atoms with Gasteiger partial charge in [0.15, 0.2) is 6.10 Å². The predicted octanol–water partition coefficient (Wildman–Crippen LogP) is 18.1. The van der Waals surface area contributed by atoms with Crippen molar-refractivity contribution in [1.29, 1.82) is 0 Å². The maximum Gasteiger partial charge on any atom is 0.306 e. The number of aliphatic hydroxyl groups excluding tert-OH is 1. The number of unbranched alkanes of at least 4 members (excludes halogenated alkanes) is 17. The molecule has 5 heteroatoms.